The Morgan fingerprint density at radius 1 is 1.14 bits per heavy atom. The molecule has 0 saturated heterocycles. The second-order valence-electron chi connectivity index (χ2n) is 5.38. The Hall–Kier alpha value is -2.37. The lowest BCUT2D eigenvalue weighted by atomic mass is 10.2. The van der Waals surface area contributed by atoms with Crippen molar-refractivity contribution in [3.8, 4) is 11.4 Å². The van der Waals surface area contributed by atoms with Gasteiger partial charge in [0.25, 0.3) is 0 Å². The van der Waals surface area contributed by atoms with E-state index >= 15 is 0 Å². The van der Waals surface area contributed by atoms with E-state index in [1.54, 1.807) is 6.20 Å². The Bertz CT molecular complexity index is 852. The summed E-state index contributed by atoms with van der Waals surface area (Å²) in [4.78, 5) is 4.48. The van der Waals surface area contributed by atoms with Crippen LogP contribution in [0, 0.1) is 18.6 Å². The molecule has 0 atom stereocenters. The average Bonchev–Trinajstić information content (AvgIpc) is 3.22. The standard InChI is InChI=1S/C15H12F2N4/c1-8-4-9(7-18-20-8)15-19-13-5-11(16)12(17)6-14(13)21(15)10-2-3-10/h4-7,10H,2-3H2,1H3. The van der Waals surface area contributed by atoms with Crippen molar-refractivity contribution < 1.29 is 8.78 Å². The molecule has 0 radical (unpaired) electrons. The van der Waals surface area contributed by atoms with Crippen LogP contribution in [0.1, 0.15) is 24.6 Å². The third-order valence-electron chi connectivity index (χ3n) is 3.68. The summed E-state index contributed by atoms with van der Waals surface area (Å²) in [6.45, 7) is 1.85. The first-order chi connectivity index (χ1) is 10.1. The SMILES string of the molecule is Cc1cc(-c2nc3cc(F)c(F)cc3n2C2CC2)cnn1. The molecule has 3 aromatic rings. The molecule has 4 rings (SSSR count). The molecule has 0 amide bonds. The minimum Gasteiger partial charge on any atom is -0.321 e. The fraction of sp³-hybridized carbons (Fsp3) is 0.267. The topological polar surface area (TPSA) is 43.6 Å². The van der Waals surface area contributed by atoms with Gasteiger partial charge in [-0.2, -0.15) is 10.2 Å². The molecule has 0 unspecified atom stereocenters. The molecular formula is C15H12F2N4. The number of imidazole rings is 1. The van der Waals surface area contributed by atoms with E-state index in [0.29, 0.717) is 22.9 Å². The number of rotatable bonds is 2. The van der Waals surface area contributed by atoms with Gasteiger partial charge in [-0.25, -0.2) is 13.8 Å². The van der Waals surface area contributed by atoms with Crippen molar-refractivity contribution in [2.24, 2.45) is 0 Å². The van der Waals surface area contributed by atoms with E-state index in [-0.39, 0.29) is 0 Å². The zero-order chi connectivity index (χ0) is 14.6. The Kier molecular flexibility index (Phi) is 2.54. The summed E-state index contributed by atoms with van der Waals surface area (Å²) in [5, 5.41) is 7.87. The maximum Gasteiger partial charge on any atom is 0.161 e. The summed E-state index contributed by atoms with van der Waals surface area (Å²) in [6, 6.07) is 4.54. The van der Waals surface area contributed by atoms with Gasteiger partial charge in [-0.05, 0) is 25.8 Å². The summed E-state index contributed by atoms with van der Waals surface area (Å²) in [7, 11) is 0. The van der Waals surface area contributed by atoms with Crippen molar-refractivity contribution in [2.75, 3.05) is 0 Å². The van der Waals surface area contributed by atoms with E-state index in [9.17, 15) is 8.78 Å². The van der Waals surface area contributed by atoms with E-state index in [2.05, 4.69) is 15.2 Å². The van der Waals surface area contributed by atoms with Crippen molar-refractivity contribution in [2.45, 2.75) is 25.8 Å². The van der Waals surface area contributed by atoms with E-state index in [1.807, 2.05) is 17.6 Å². The molecule has 1 aliphatic rings. The van der Waals surface area contributed by atoms with Crippen molar-refractivity contribution >= 4 is 11.0 Å². The maximum absolute atomic E-state index is 13.5. The number of fused-ring (bicyclic) bond motifs is 1. The van der Waals surface area contributed by atoms with Crippen LogP contribution in [0.5, 0.6) is 0 Å². The minimum atomic E-state index is -0.876. The van der Waals surface area contributed by atoms with Crippen LogP contribution in [0.15, 0.2) is 24.4 Å². The van der Waals surface area contributed by atoms with Gasteiger partial charge in [-0.3, -0.25) is 0 Å². The van der Waals surface area contributed by atoms with E-state index in [4.69, 9.17) is 0 Å². The van der Waals surface area contributed by atoms with Crippen molar-refractivity contribution in [1.29, 1.82) is 0 Å². The second kappa shape index (κ2) is 4.31. The molecule has 2 aromatic heterocycles. The van der Waals surface area contributed by atoms with Crippen LogP contribution in [-0.4, -0.2) is 19.7 Å². The summed E-state index contributed by atoms with van der Waals surface area (Å²) in [6.07, 6.45) is 3.67. The first-order valence-corrected chi connectivity index (χ1v) is 6.80. The monoisotopic (exact) mass is 286 g/mol. The van der Waals surface area contributed by atoms with Crippen LogP contribution in [-0.2, 0) is 0 Å². The number of nitrogens with zero attached hydrogens (tertiary/aromatic N) is 4. The van der Waals surface area contributed by atoms with Gasteiger partial charge in [-0.15, -0.1) is 0 Å². The van der Waals surface area contributed by atoms with Crippen molar-refractivity contribution in [1.82, 2.24) is 19.7 Å². The summed E-state index contributed by atoms with van der Waals surface area (Å²) in [5.41, 5.74) is 2.68. The molecule has 6 heteroatoms. The fourth-order valence-electron chi connectivity index (χ4n) is 2.59. The van der Waals surface area contributed by atoms with Crippen LogP contribution in [0.2, 0.25) is 0 Å². The van der Waals surface area contributed by atoms with Gasteiger partial charge in [0.1, 0.15) is 5.82 Å². The number of aryl methyl sites for hydroxylation is 1. The third kappa shape index (κ3) is 1.98. The van der Waals surface area contributed by atoms with Crippen LogP contribution in [0.4, 0.5) is 8.78 Å². The van der Waals surface area contributed by atoms with Gasteiger partial charge in [0, 0.05) is 23.7 Å². The first-order valence-electron chi connectivity index (χ1n) is 6.80. The van der Waals surface area contributed by atoms with Gasteiger partial charge < -0.3 is 4.57 Å². The van der Waals surface area contributed by atoms with Crippen LogP contribution < -0.4 is 0 Å². The van der Waals surface area contributed by atoms with E-state index in [1.165, 1.54) is 6.07 Å². The highest BCUT2D eigenvalue weighted by Crippen LogP contribution is 2.41. The largest absolute Gasteiger partial charge is 0.321 e. The number of hydrogen-bond acceptors (Lipinski definition) is 3. The molecule has 0 aliphatic heterocycles. The van der Waals surface area contributed by atoms with Crippen molar-refractivity contribution in [3.05, 3.63) is 41.7 Å². The third-order valence-corrected chi connectivity index (χ3v) is 3.68. The Morgan fingerprint density at radius 2 is 1.90 bits per heavy atom. The van der Waals surface area contributed by atoms with Crippen LogP contribution >= 0.6 is 0 Å². The summed E-state index contributed by atoms with van der Waals surface area (Å²) >= 11 is 0. The van der Waals surface area contributed by atoms with Crippen molar-refractivity contribution in [3.63, 3.8) is 0 Å². The number of benzene rings is 1. The highest BCUT2D eigenvalue weighted by molar-refractivity contribution is 5.81. The Morgan fingerprint density at radius 3 is 2.62 bits per heavy atom. The predicted octanol–water partition coefficient (Wildman–Crippen LogP) is 3.41. The average molecular weight is 286 g/mol. The molecule has 0 bridgehead atoms. The highest BCUT2D eigenvalue weighted by atomic mass is 19.2. The normalized spacial score (nSPS) is 14.8. The minimum absolute atomic E-state index is 0.295. The van der Waals surface area contributed by atoms with Crippen LogP contribution in [0.25, 0.3) is 22.4 Å². The van der Waals surface area contributed by atoms with Gasteiger partial charge in [0.2, 0.25) is 0 Å². The Labute approximate surface area is 119 Å². The fourth-order valence-corrected chi connectivity index (χ4v) is 2.59. The molecule has 1 aromatic carbocycles. The molecule has 0 N–H and O–H groups in total. The lowest BCUT2D eigenvalue weighted by Crippen LogP contribution is -1.99. The van der Waals surface area contributed by atoms with Crippen LogP contribution in [0.3, 0.4) is 0 Å². The lowest BCUT2D eigenvalue weighted by molar-refractivity contribution is 0.510. The zero-order valence-corrected chi connectivity index (χ0v) is 11.3. The summed E-state index contributed by atoms with van der Waals surface area (Å²) in [5.74, 6) is -1.03. The highest BCUT2D eigenvalue weighted by Gasteiger charge is 2.29. The number of halogens is 2. The molecule has 106 valence electrons. The quantitative estimate of drug-likeness (QED) is 0.725. The van der Waals surface area contributed by atoms with E-state index in [0.717, 1.165) is 30.2 Å². The second-order valence-corrected chi connectivity index (χ2v) is 5.38. The number of aromatic nitrogens is 4. The molecule has 2 heterocycles. The smallest absolute Gasteiger partial charge is 0.161 e. The zero-order valence-electron chi connectivity index (χ0n) is 11.3. The molecule has 1 fully saturated rings. The lowest BCUT2D eigenvalue weighted by Gasteiger charge is -2.07. The molecule has 21 heavy (non-hydrogen) atoms. The van der Waals surface area contributed by atoms with Gasteiger partial charge in [-0.1, -0.05) is 0 Å². The molecule has 1 aliphatic carbocycles. The molecule has 4 nitrogen and oxygen atoms in total. The number of hydrogen-bond donors (Lipinski definition) is 0. The molecule has 0 spiro atoms. The van der Waals surface area contributed by atoms with E-state index < -0.39 is 11.6 Å². The first kappa shape index (κ1) is 12.4. The predicted molar refractivity (Wildman–Crippen MR) is 73.7 cm³/mol. The summed E-state index contributed by atoms with van der Waals surface area (Å²) < 4.78 is 29.0. The van der Waals surface area contributed by atoms with Gasteiger partial charge in [0.15, 0.2) is 11.6 Å². The van der Waals surface area contributed by atoms with Gasteiger partial charge >= 0.3 is 0 Å². The van der Waals surface area contributed by atoms with Gasteiger partial charge in [0.05, 0.1) is 22.9 Å². The molecule has 1 saturated carbocycles. The molecular weight excluding hydrogens is 274 g/mol. The maximum atomic E-state index is 13.5. The Balaban J connectivity index is 2.02.